The first-order valence-electron chi connectivity index (χ1n) is 5.82. The molecule has 0 radical (unpaired) electrons. The minimum Gasteiger partial charge on any atom is -0.391 e. The Labute approximate surface area is 99.8 Å². The van der Waals surface area contributed by atoms with Crippen LogP contribution < -0.4 is 4.90 Å². The van der Waals surface area contributed by atoms with Gasteiger partial charge in [-0.1, -0.05) is 0 Å². The number of hydrogen-bond donors (Lipinski definition) is 1. The SMILES string of the molecule is CCN(c1ccc([N+](=O)[O-])c(CO)c1)C1CC1. The second kappa shape index (κ2) is 4.71. The first kappa shape index (κ1) is 11.9. The van der Waals surface area contributed by atoms with E-state index < -0.39 is 4.92 Å². The Hall–Kier alpha value is -1.62. The molecule has 1 aliphatic rings. The van der Waals surface area contributed by atoms with Crippen molar-refractivity contribution in [2.45, 2.75) is 32.4 Å². The first-order valence-corrected chi connectivity index (χ1v) is 5.82. The van der Waals surface area contributed by atoms with E-state index >= 15 is 0 Å². The summed E-state index contributed by atoms with van der Waals surface area (Å²) in [6, 6.07) is 5.53. The number of rotatable bonds is 5. The van der Waals surface area contributed by atoms with E-state index in [0.29, 0.717) is 11.6 Å². The third-order valence-corrected chi connectivity index (χ3v) is 3.09. The lowest BCUT2D eigenvalue weighted by atomic mass is 10.1. The zero-order valence-electron chi connectivity index (χ0n) is 9.80. The fourth-order valence-electron chi connectivity index (χ4n) is 2.09. The Morgan fingerprint density at radius 1 is 1.53 bits per heavy atom. The fraction of sp³-hybridized carbons (Fsp3) is 0.500. The van der Waals surface area contributed by atoms with Gasteiger partial charge in [0.25, 0.3) is 5.69 Å². The lowest BCUT2D eigenvalue weighted by molar-refractivity contribution is -0.385. The predicted molar refractivity (Wildman–Crippen MR) is 65.1 cm³/mol. The summed E-state index contributed by atoms with van der Waals surface area (Å²) in [7, 11) is 0. The van der Waals surface area contributed by atoms with Crippen molar-refractivity contribution in [2.75, 3.05) is 11.4 Å². The van der Waals surface area contributed by atoms with E-state index in [1.165, 1.54) is 18.9 Å². The van der Waals surface area contributed by atoms with Crippen molar-refractivity contribution in [3.63, 3.8) is 0 Å². The van der Waals surface area contributed by atoms with Crippen molar-refractivity contribution in [1.82, 2.24) is 0 Å². The highest BCUT2D eigenvalue weighted by Crippen LogP contribution is 2.33. The van der Waals surface area contributed by atoms with Crippen molar-refractivity contribution in [3.05, 3.63) is 33.9 Å². The molecule has 0 unspecified atom stereocenters. The Morgan fingerprint density at radius 3 is 2.71 bits per heavy atom. The van der Waals surface area contributed by atoms with Crippen LogP contribution in [-0.4, -0.2) is 22.6 Å². The summed E-state index contributed by atoms with van der Waals surface area (Å²) in [4.78, 5) is 12.5. The van der Waals surface area contributed by atoms with Gasteiger partial charge >= 0.3 is 0 Å². The molecule has 0 aliphatic heterocycles. The average molecular weight is 236 g/mol. The van der Waals surface area contributed by atoms with Crippen LogP contribution in [0.1, 0.15) is 25.3 Å². The van der Waals surface area contributed by atoms with Crippen molar-refractivity contribution in [3.8, 4) is 0 Å². The van der Waals surface area contributed by atoms with Crippen LogP contribution >= 0.6 is 0 Å². The van der Waals surface area contributed by atoms with Crippen LogP contribution in [0.15, 0.2) is 18.2 Å². The van der Waals surface area contributed by atoms with Gasteiger partial charge < -0.3 is 10.0 Å². The largest absolute Gasteiger partial charge is 0.391 e. The highest BCUT2D eigenvalue weighted by Gasteiger charge is 2.28. The quantitative estimate of drug-likeness (QED) is 0.627. The smallest absolute Gasteiger partial charge is 0.275 e. The fourth-order valence-corrected chi connectivity index (χ4v) is 2.09. The lowest BCUT2D eigenvalue weighted by Crippen LogP contribution is -2.25. The minimum absolute atomic E-state index is 0.0110. The second-order valence-electron chi connectivity index (χ2n) is 4.25. The molecule has 1 saturated carbocycles. The van der Waals surface area contributed by atoms with Gasteiger partial charge in [-0.2, -0.15) is 0 Å². The van der Waals surface area contributed by atoms with Crippen molar-refractivity contribution >= 4 is 11.4 Å². The van der Waals surface area contributed by atoms with Crippen LogP contribution in [0.5, 0.6) is 0 Å². The van der Waals surface area contributed by atoms with Crippen LogP contribution in [0, 0.1) is 10.1 Å². The summed E-state index contributed by atoms with van der Waals surface area (Å²) >= 11 is 0. The number of nitro benzene ring substituents is 1. The zero-order valence-corrected chi connectivity index (χ0v) is 9.80. The monoisotopic (exact) mass is 236 g/mol. The number of aliphatic hydroxyl groups is 1. The molecule has 0 heterocycles. The van der Waals surface area contributed by atoms with Crippen LogP contribution in [0.25, 0.3) is 0 Å². The molecule has 0 bridgehead atoms. The molecule has 1 aromatic rings. The topological polar surface area (TPSA) is 66.6 Å². The Morgan fingerprint density at radius 2 is 2.24 bits per heavy atom. The Bertz CT molecular complexity index is 430. The standard InChI is InChI=1S/C12H16N2O3/c1-2-13(10-3-4-10)11-5-6-12(14(16)17)9(7-11)8-15/h5-7,10,15H,2-4,8H2,1H3. The van der Waals surface area contributed by atoms with Crippen molar-refractivity contribution < 1.29 is 10.0 Å². The molecule has 1 aromatic carbocycles. The minimum atomic E-state index is -0.456. The normalized spacial score (nSPS) is 14.7. The first-order chi connectivity index (χ1) is 8.17. The maximum absolute atomic E-state index is 10.8. The summed E-state index contributed by atoms with van der Waals surface area (Å²) in [6.45, 7) is 2.65. The van der Waals surface area contributed by atoms with E-state index in [0.717, 1.165) is 12.2 Å². The van der Waals surface area contributed by atoms with Crippen LogP contribution in [0.2, 0.25) is 0 Å². The number of nitro groups is 1. The Kier molecular flexibility index (Phi) is 3.28. The van der Waals surface area contributed by atoms with E-state index in [1.807, 2.05) is 0 Å². The molecule has 0 aromatic heterocycles. The maximum atomic E-state index is 10.8. The van der Waals surface area contributed by atoms with Gasteiger partial charge in [0.05, 0.1) is 17.1 Å². The molecule has 0 saturated heterocycles. The molecule has 1 aliphatic carbocycles. The zero-order chi connectivity index (χ0) is 12.4. The molecule has 2 rings (SSSR count). The van der Waals surface area contributed by atoms with Gasteiger partial charge in [-0.15, -0.1) is 0 Å². The predicted octanol–water partition coefficient (Wildman–Crippen LogP) is 2.08. The van der Waals surface area contributed by atoms with Crippen molar-refractivity contribution in [2.24, 2.45) is 0 Å². The van der Waals surface area contributed by atoms with Gasteiger partial charge in [-0.3, -0.25) is 10.1 Å². The summed E-state index contributed by atoms with van der Waals surface area (Å²) < 4.78 is 0. The third-order valence-electron chi connectivity index (χ3n) is 3.09. The number of nitrogens with zero attached hydrogens (tertiary/aromatic N) is 2. The summed E-state index contributed by atoms with van der Waals surface area (Å²) in [5.41, 5.74) is 1.33. The van der Waals surface area contributed by atoms with Gasteiger partial charge in [-0.05, 0) is 31.9 Å². The molecule has 92 valence electrons. The summed E-state index contributed by atoms with van der Waals surface area (Å²) in [5.74, 6) is 0. The van der Waals surface area contributed by atoms with Crippen LogP contribution in [0.4, 0.5) is 11.4 Å². The molecule has 0 spiro atoms. The molecular formula is C12H16N2O3. The molecule has 1 N–H and O–H groups in total. The summed E-state index contributed by atoms with van der Waals surface area (Å²) in [5, 5.41) is 19.9. The van der Waals surface area contributed by atoms with Gasteiger partial charge in [0, 0.05) is 24.3 Å². The summed E-state index contributed by atoms with van der Waals surface area (Å²) in [6.07, 6.45) is 2.36. The van der Waals surface area contributed by atoms with Gasteiger partial charge in [0.1, 0.15) is 0 Å². The second-order valence-corrected chi connectivity index (χ2v) is 4.25. The van der Waals surface area contributed by atoms with Crippen LogP contribution in [-0.2, 0) is 6.61 Å². The van der Waals surface area contributed by atoms with Gasteiger partial charge in [0.2, 0.25) is 0 Å². The molecule has 1 fully saturated rings. The number of hydrogen-bond acceptors (Lipinski definition) is 4. The molecular weight excluding hydrogens is 220 g/mol. The Balaban J connectivity index is 2.32. The van der Waals surface area contributed by atoms with Gasteiger partial charge in [0.15, 0.2) is 0 Å². The molecule has 5 nitrogen and oxygen atoms in total. The highest BCUT2D eigenvalue weighted by molar-refractivity contribution is 5.56. The number of anilines is 1. The van der Waals surface area contributed by atoms with E-state index in [4.69, 9.17) is 0 Å². The highest BCUT2D eigenvalue weighted by atomic mass is 16.6. The van der Waals surface area contributed by atoms with Gasteiger partial charge in [-0.25, -0.2) is 0 Å². The third kappa shape index (κ3) is 2.39. The molecule has 0 atom stereocenters. The van der Waals surface area contributed by atoms with E-state index in [2.05, 4.69) is 11.8 Å². The lowest BCUT2D eigenvalue weighted by Gasteiger charge is -2.23. The van der Waals surface area contributed by atoms with E-state index in [1.54, 1.807) is 12.1 Å². The number of aliphatic hydroxyl groups excluding tert-OH is 1. The maximum Gasteiger partial charge on any atom is 0.275 e. The van der Waals surface area contributed by atoms with E-state index in [-0.39, 0.29) is 12.3 Å². The molecule has 0 amide bonds. The number of benzene rings is 1. The van der Waals surface area contributed by atoms with Crippen molar-refractivity contribution in [1.29, 1.82) is 0 Å². The van der Waals surface area contributed by atoms with E-state index in [9.17, 15) is 15.2 Å². The molecule has 17 heavy (non-hydrogen) atoms. The average Bonchev–Trinajstić information content (AvgIpc) is 3.14. The molecule has 5 heteroatoms. The van der Waals surface area contributed by atoms with Crippen LogP contribution in [0.3, 0.4) is 0 Å².